The summed E-state index contributed by atoms with van der Waals surface area (Å²) in [6.45, 7) is 3.67. The Labute approximate surface area is 219 Å². The van der Waals surface area contributed by atoms with E-state index in [2.05, 4.69) is 52.2 Å². The molecule has 2 atom stereocenters. The van der Waals surface area contributed by atoms with Gasteiger partial charge in [0.25, 0.3) is 0 Å². The van der Waals surface area contributed by atoms with E-state index in [-0.39, 0.29) is 11.4 Å². The maximum absolute atomic E-state index is 13.5. The minimum atomic E-state index is -0.351. The maximum Gasteiger partial charge on any atom is 0.133 e. The fourth-order valence-corrected chi connectivity index (χ4v) is 6.80. The monoisotopic (exact) mass is 523 g/mol. The SMILES string of the molecule is CCN(c1ccc(F)cc1)c1cccc(C2(c3ccsc3)CCC(Sc3ccccc3Cl)CN2)n1. The highest BCUT2D eigenvalue weighted by atomic mass is 35.5. The first-order valence-electron chi connectivity index (χ1n) is 11.8. The highest BCUT2D eigenvalue weighted by Crippen LogP contribution is 2.42. The van der Waals surface area contributed by atoms with E-state index in [4.69, 9.17) is 16.6 Å². The van der Waals surface area contributed by atoms with Gasteiger partial charge in [0.2, 0.25) is 0 Å². The molecule has 1 N–H and O–H groups in total. The second-order valence-corrected chi connectivity index (χ2v) is 11.1. The molecule has 1 aliphatic heterocycles. The van der Waals surface area contributed by atoms with Gasteiger partial charge in [-0.25, -0.2) is 9.37 Å². The Morgan fingerprint density at radius 3 is 2.63 bits per heavy atom. The largest absolute Gasteiger partial charge is 0.327 e. The van der Waals surface area contributed by atoms with Crippen LogP contribution in [0.25, 0.3) is 0 Å². The molecule has 2 aromatic heterocycles. The molecule has 3 nitrogen and oxygen atoms in total. The molecule has 5 rings (SSSR count). The van der Waals surface area contributed by atoms with Crippen molar-refractivity contribution in [3.63, 3.8) is 0 Å². The van der Waals surface area contributed by atoms with Crippen LogP contribution >= 0.6 is 34.7 Å². The van der Waals surface area contributed by atoms with Crippen molar-refractivity contribution in [1.29, 1.82) is 0 Å². The van der Waals surface area contributed by atoms with E-state index in [1.54, 1.807) is 23.5 Å². The van der Waals surface area contributed by atoms with Crippen LogP contribution in [0.5, 0.6) is 0 Å². The molecule has 0 spiro atoms. The number of piperidine rings is 1. The number of nitrogens with one attached hydrogen (secondary N) is 1. The van der Waals surface area contributed by atoms with Crippen molar-refractivity contribution in [1.82, 2.24) is 10.3 Å². The van der Waals surface area contributed by atoms with Gasteiger partial charge >= 0.3 is 0 Å². The molecule has 180 valence electrons. The van der Waals surface area contributed by atoms with Crippen LogP contribution in [-0.4, -0.2) is 23.3 Å². The highest BCUT2D eigenvalue weighted by molar-refractivity contribution is 8.00. The number of thiophene rings is 1. The standard InChI is InChI=1S/C28H27ClFN3S2/c1-2-33(22-12-10-21(30)11-13-22)27-9-5-8-26(32-27)28(20-15-17-34-19-20)16-14-23(18-31-28)35-25-7-4-3-6-24(25)29/h3-13,15,17,19,23,31H,2,14,16,18H2,1H3. The Bertz CT molecular complexity index is 1260. The molecule has 35 heavy (non-hydrogen) atoms. The van der Waals surface area contributed by atoms with Crippen molar-refractivity contribution in [2.24, 2.45) is 0 Å². The van der Waals surface area contributed by atoms with Crippen LogP contribution in [-0.2, 0) is 5.54 Å². The van der Waals surface area contributed by atoms with Gasteiger partial charge in [-0.3, -0.25) is 0 Å². The number of thioether (sulfide) groups is 1. The average molecular weight is 524 g/mol. The normalized spacial score (nSPS) is 20.0. The lowest BCUT2D eigenvalue weighted by Crippen LogP contribution is -2.51. The zero-order chi connectivity index (χ0) is 24.3. The third kappa shape index (κ3) is 5.12. The van der Waals surface area contributed by atoms with Crippen LogP contribution in [0.15, 0.2) is 88.5 Å². The van der Waals surface area contributed by atoms with Gasteiger partial charge in [0, 0.05) is 28.9 Å². The second kappa shape index (κ2) is 10.7. The van der Waals surface area contributed by atoms with Gasteiger partial charge in [-0.15, -0.1) is 11.8 Å². The average Bonchev–Trinajstić information content (AvgIpc) is 3.44. The molecule has 0 bridgehead atoms. The number of hydrogen-bond donors (Lipinski definition) is 1. The van der Waals surface area contributed by atoms with Crippen LogP contribution in [0, 0.1) is 5.82 Å². The number of benzene rings is 2. The van der Waals surface area contributed by atoms with Gasteiger partial charge in [-0.1, -0.05) is 29.8 Å². The first kappa shape index (κ1) is 24.3. The van der Waals surface area contributed by atoms with E-state index in [0.717, 1.165) is 53.0 Å². The Hall–Kier alpha value is -2.38. The van der Waals surface area contributed by atoms with Crippen LogP contribution < -0.4 is 10.2 Å². The summed E-state index contributed by atoms with van der Waals surface area (Å²) < 4.78 is 13.5. The van der Waals surface area contributed by atoms with E-state index in [1.807, 2.05) is 36.0 Å². The molecule has 3 heterocycles. The summed E-state index contributed by atoms with van der Waals surface area (Å²) in [6, 6.07) is 23.1. The molecule has 4 aromatic rings. The first-order chi connectivity index (χ1) is 17.1. The molecule has 2 aromatic carbocycles. The summed E-state index contributed by atoms with van der Waals surface area (Å²) in [4.78, 5) is 8.41. The Balaban J connectivity index is 1.44. The number of pyridine rings is 1. The molecule has 0 aliphatic carbocycles. The third-order valence-electron chi connectivity index (χ3n) is 6.52. The van der Waals surface area contributed by atoms with E-state index in [9.17, 15) is 4.39 Å². The van der Waals surface area contributed by atoms with E-state index >= 15 is 0 Å². The number of aromatic nitrogens is 1. The molecule has 0 amide bonds. The van der Waals surface area contributed by atoms with Crippen molar-refractivity contribution in [3.05, 3.63) is 106 Å². The molecule has 2 unspecified atom stereocenters. The first-order valence-corrected chi connectivity index (χ1v) is 14.0. The fourth-order valence-electron chi connectivity index (χ4n) is 4.71. The van der Waals surface area contributed by atoms with Gasteiger partial charge in [0.05, 0.1) is 16.3 Å². The predicted molar refractivity (Wildman–Crippen MR) is 147 cm³/mol. The summed E-state index contributed by atoms with van der Waals surface area (Å²) >= 11 is 9.97. The lowest BCUT2D eigenvalue weighted by molar-refractivity contribution is 0.309. The Morgan fingerprint density at radius 1 is 1.11 bits per heavy atom. The highest BCUT2D eigenvalue weighted by Gasteiger charge is 2.40. The number of hydrogen-bond acceptors (Lipinski definition) is 5. The zero-order valence-corrected chi connectivity index (χ0v) is 21.8. The molecule has 1 saturated heterocycles. The predicted octanol–water partition coefficient (Wildman–Crippen LogP) is 7.88. The van der Waals surface area contributed by atoms with E-state index < -0.39 is 0 Å². The summed E-state index contributed by atoms with van der Waals surface area (Å²) in [7, 11) is 0. The van der Waals surface area contributed by atoms with Crippen molar-refractivity contribution in [2.45, 2.75) is 35.4 Å². The number of rotatable bonds is 7. The van der Waals surface area contributed by atoms with E-state index in [1.165, 1.54) is 17.7 Å². The number of nitrogens with zero attached hydrogens (tertiary/aromatic N) is 2. The molecule has 1 aliphatic rings. The van der Waals surface area contributed by atoms with Gasteiger partial charge in [0.1, 0.15) is 11.6 Å². The van der Waals surface area contributed by atoms with Gasteiger partial charge in [0.15, 0.2) is 0 Å². The summed E-state index contributed by atoms with van der Waals surface area (Å²) in [6.07, 6.45) is 1.98. The van der Waals surface area contributed by atoms with Crippen LogP contribution in [0.2, 0.25) is 5.02 Å². The van der Waals surface area contributed by atoms with Gasteiger partial charge in [-0.2, -0.15) is 11.3 Å². The van der Waals surface area contributed by atoms with Gasteiger partial charge < -0.3 is 10.2 Å². The lowest BCUT2D eigenvalue weighted by atomic mass is 9.80. The van der Waals surface area contributed by atoms with E-state index in [0.29, 0.717) is 5.25 Å². The topological polar surface area (TPSA) is 28.2 Å². The number of anilines is 2. The van der Waals surface area contributed by atoms with Crippen molar-refractivity contribution in [2.75, 3.05) is 18.0 Å². The molecule has 7 heteroatoms. The van der Waals surface area contributed by atoms with Gasteiger partial charge in [-0.05, 0) is 90.7 Å². The van der Waals surface area contributed by atoms with Crippen LogP contribution in [0.4, 0.5) is 15.9 Å². The van der Waals surface area contributed by atoms with Crippen LogP contribution in [0.3, 0.4) is 0 Å². The molecular weight excluding hydrogens is 497 g/mol. The Kier molecular flexibility index (Phi) is 7.44. The zero-order valence-electron chi connectivity index (χ0n) is 19.5. The summed E-state index contributed by atoms with van der Waals surface area (Å²) in [5.74, 6) is 0.624. The maximum atomic E-state index is 13.5. The molecule has 1 fully saturated rings. The van der Waals surface area contributed by atoms with Crippen molar-refractivity contribution < 1.29 is 4.39 Å². The smallest absolute Gasteiger partial charge is 0.133 e. The summed E-state index contributed by atoms with van der Waals surface area (Å²) in [5.41, 5.74) is 2.83. The molecule has 0 saturated carbocycles. The minimum absolute atomic E-state index is 0.237. The van der Waals surface area contributed by atoms with Crippen molar-refractivity contribution in [3.8, 4) is 0 Å². The summed E-state index contributed by atoms with van der Waals surface area (Å²) in [5, 5.41) is 9.47. The number of halogens is 2. The Morgan fingerprint density at radius 2 is 1.94 bits per heavy atom. The quantitative estimate of drug-likeness (QED) is 0.266. The third-order valence-corrected chi connectivity index (χ3v) is 8.99. The second-order valence-electron chi connectivity index (χ2n) is 8.61. The fraction of sp³-hybridized carbons (Fsp3) is 0.250. The van der Waals surface area contributed by atoms with Crippen LogP contribution in [0.1, 0.15) is 31.0 Å². The van der Waals surface area contributed by atoms with Crippen molar-refractivity contribution >= 4 is 46.2 Å². The lowest BCUT2D eigenvalue weighted by Gasteiger charge is -2.41. The minimum Gasteiger partial charge on any atom is -0.327 e. The molecular formula is C28H27ClFN3S2. The molecule has 0 radical (unpaired) electrons.